The molecule has 1 N–H and O–H groups in total. The van der Waals surface area contributed by atoms with Crippen LogP contribution in [0.15, 0.2) is 24.3 Å². The number of anilines is 1. The maximum atomic E-state index is 13.1. The second-order valence-electron chi connectivity index (χ2n) is 7.32. The van der Waals surface area contributed by atoms with Gasteiger partial charge in [0.05, 0.1) is 6.04 Å². The first kappa shape index (κ1) is 20.4. The number of carbonyl (C=O) groups excluding carboxylic acids is 2. The lowest BCUT2D eigenvalue weighted by Gasteiger charge is -2.41. The Hall–Kier alpha value is -2.35. The second-order valence-corrected chi connectivity index (χ2v) is 7.32. The third-order valence-corrected chi connectivity index (χ3v) is 5.62. The van der Waals surface area contributed by atoms with Crippen molar-refractivity contribution in [3.05, 3.63) is 30.1 Å². The van der Waals surface area contributed by atoms with Gasteiger partial charge in [0, 0.05) is 64.6 Å². The number of benzene rings is 1. The largest absolute Gasteiger partial charge is 0.368 e. The summed E-state index contributed by atoms with van der Waals surface area (Å²) < 4.78 is 13.1. The number of hydrogen-bond acceptors (Lipinski definition) is 4. The summed E-state index contributed by atoms with van der Waals surface area (Å²) in [7, 11) is 0. The fourth-order valence-electron chi connectivity index (χ4n) is 3.83. The van der Waals surface area contributed by atoms with Gasteiger partial charge in [-0.3, -0.25) is 9.69 Å². The van der Waals surface area contributed by atoms with Crippen LogP contribution >= 0.6 is 0 Å². The van der Waals surface area contributed by atoms with E-state index in [1.165, 1.54) is 12.1 Å². The monoisotopic (exact) mass is 391 g/mol. The molecule has 0 bridgehead atoms. The number of carbonyl (C=O) groups is 2. The summed E-state index contributed by atoms with van der Waals surface area (Å²) >= 11 is 0. The summed E-state index contributed by atoms with van der Waals surface area (Å²) in [6.07, 6.45) is 0. The molecular formula is C20H30FN5O2. The molecule has 154 valence electrons. The van der Waals surface area contributed by atoms with E-state index in [4.69, 9.17) is 0 Å². The van der Waals surface area contributed by atoms with Gasteiger partial charge in [0.15, 0.2) is 0 Å². The minimum Gasteiger partial charge on any atom is -0.368 e. The summed E-state index contributed by atoms with van der Waals surface area (Å²) in [6, 6.07) is 6.28. The molecule has 2 aliphatic heterocycles. The van der Waals surface area contributed by atoms with Crippen LogP contribution in [0.2, 0.25) is 0 Å². The van der Waals surface area contributed by atoms with Crippen molar-refractivity contribution >= 4 is 17.6 Å². The highest BCUT2D eigenvalue weighted by Gasteiger charge is 2.31. The summed E-state index contributed by atoms with van der Waals surface area (Å²) in [5.41, 5.74) is 0.989. The van der Waals surface area contributed by atoms with Gasteiger partial charge in [-0.05, 0) is 38.1 Å². The Labute approximate surface area is 166 Å². The zero-order valence-electron chi connectivity index (χ0n) is 16.7. The van der Waals surface area contributed by atoms with Crippen LogP contribution in [0.5, 0.6) is 0 Å². The van der Waals surface area contributed by atoms with Gasteiger partial charge in [0.25, 0.3) is 0 Å². The highest BCUT2D eigenvalue weighted by molar-refractivity contribution is 5.82. The molecule has 1 unspecified atom stereocenters. The van der Waals surface area contributed by atoms with E-state index >= 15 is 0 Å². The van der Waals surface area contributed by atoms with E-state index in [2.05, 4.69) is 15.1 Å². The normalized spacial score (nSPS) is 19.5. The van der Waals surface area contributed by atoms with Crippen molar-refractivity contribution < 1.29 is 14.0 Å². The molecule has 1 atom stereocenters. The Balaban J connectivity index is 1.47. The maximum absolute atomic E-state index is 13.1. The molecular weight excluding hydrogens is 361 g/mol. The zero-order valence-corrected chi connectivity index (χ0v) is 16.7. The van der Waals surface area contributed by atoms with E-state index in [0.717, 1.165) is 18.8 Å². The van der Waals surface area contributed by atoms with E-state index < -0.39 is 0 Å². The van der Waals surface area contributed by atoms with Crippen molar-refractivity contribution in [2.45, 2.75) is 19.9 Å². The van der Waals surface area contributed by atoms with Crippen LogP contribution in [-0.4, -0.2) is 91.6 Å². The number of piperazine rings is 2. The van der Waals surface area contributed by atoms with Crippen molar-refractivity contribution in [2.24, 2.45) is 0 Å². The molecule has 2 aliphatic rings. The second kappa shape index (κ2) is 9.23. The molecule has 2 fully saturated rings. The van der Waals surface area contributed by atoms with Crippen molar-refractivity contribution in [3.63, 3.8) is 0 Å². The van der Waals surface area contributed by atoms with Crippen LogP contribution in [-0.2, 0) is 4.79 Å². The van der Waals surface area contributed by atoms with Crippen molar-refractivity contribution in [3.8, 4) is 0 Å². The lowest BCUT2D eigenvalue weighted by Crippen LogP contribution is -2.58. The Bertz CT molecular complexity index is 668. The van der Waals surface area contributed by atoms with Gasteiger partial charge in [-0.15, -0.1) is 0 Å². The molecule has 3 rings (SSSR count). The Kier molecular flexibility index (Phi) is 6.72. The standard InChI is InChI=1S/C20H30FN5O2/c1-3-22-20(28)26-14-8-23(9-15-26)16(2)19(27)25-12-10-24(11-13-25)18-6-4-17(21)5-7-18/h4-7,16H,3,8-15H2,1-2H3,(H,22,28). The van der Waals surface area contributed by atoms with Gasteiger partial charge in [0.2, 0.25) is 5.91 Å². The first-order valence-corrected chi connectivity index (χ1v) is 10.1. The number of amides is 3. The lowest BCUT2D eigenvalue weighted by molar-refractivity contribution is -0.137. The Morgan fingerprint density at radius 2 is 1.54 bits per heavy atom. The first-order chi connectivity index (χ1) is 13.5. The van der Waals surface area contributed by atoms with Crippen LogP contribution in [0, 0.1) is 5.82 Å². The summed E-state index contributed by atoms with van der Waals surface area (Å²) in [5.74, 6) is -0.0936. The van der Waals surface area contributed by atoms with Crippen molar-refractivity contribution in [1.29, 1.82) is 0 Å². The first-order valence-electron chi connectivity index (χ1n) is 10.1. The van der Waals surface area contributed by atoms with Crippen LogP contribution in [0.1, 0.15) is 13.8 Å². The number of halogens is 1. The minimum atomic E-state index is -0.237. The summed E-state index contributed by atoms with van der Waals surface area (Å²) in [6.45, 7) is 10.0. The average molecular weight is 391 g/mol. The molecule has 28 heavy (non-hydrogen) atoms. The highest BCUT2D eigenvalue weighted by atomic mass is 19.1. The molecule has 3 amide bonds. The minimum absolute atomic E-state index is 0.0296. The Morgan fingerprint density at radius 3 is 2.11 bits per heavy atom. The number of rotatable bonds is 4. The van der Waals surface area contributed by atoms with Gasteiger partial charge < -0.3 is 20.0 Å². The van der Waals surface area contributed by atoms with Gasteiger partial charge in [-0.25, -0.2) is 9.18 Å². The molecule has 0 spiro atoms. The molecule has 0 aromatic heterocycles. The predicted octanol–water partition coefficient (Wildman–Crippen LogP) is 1.21. The fraction of sp³-hybridized carbons (Fsp3) is 0.600. The van der Waals surface area contributed by atoms with E-state index in [-0.39, 0.29) is 23.8 Å². The molecule has 7 nitrogen and oxygen atoms in total. The Morgan fingerprint density at radius 1 is 0.964 bits per heavy atom. The van der Waals surface area contributed by atoms with E-state index in [9.17, 15) is 14.0 Å². The quantitative estimate of drug-likeness (QED) is 0.838. The summed E-state index contributed by atoms with van der Waals surface area (Å²) in [5, 5.41) is 2.82. The van der Waals surface area contributed by atoms with Gasteiger partial charge in [-0.1, -0.05) is 0 Å². The highest BCUT2D eigenvalue weighted by Crippen LogP contribution is 2.18. The van der Waals surface area contributed by atoms with E-state index in [1.54, 1.807) is 17.0 Å². The third-order valence-electron chi connectivity index (χ3n) is 5.62. The van der Waals surface area contributed by atoms with Crippen LogP contribution < -0.4 is 10.2 Å². The number of nitrogens with one attached hydrogen (secondary N) is 1. The predicted molar refractivity (Wildman–Crippen MR) is 107 cm³/mol. The molecule has 0 saturated carbocycles. The van der Waals surface area contributed by atoms with Gasteiger partial charge in [-0.2, -0.15) is 0 Å². The molecule has 1 aromatic rings. The fourth-order valence-corrected chi connectivity index (χ4v) is 3.83. The van der Waals surface area contributed by atoms with E-state index in [0.29, 0.717) is 45.8 Å². The SMILES string of the molecule is CCNC(=O)N1CCN(C(C)C(=O)N2CCN(c3ccc(F)cc3)CC2)CC1. The van der Waals surface area contributed by atoms with Crippen molar-refractivity contribution in [1.82, 2.24) is 20.0 Å². The number of nitrogens with zero attached hydrogens (tertiary/aromatic N) is 4. The molecule has 1 aromatic carbocycles. The molecule has 0 radical (unpaired) electrons. The van der Waals surface area contributed by atoms with Gasteiger partial charge in [0.1, 0.15) is 5.82 Å². The topological polar surface area (TPSA) is 59.1 Å². The third kappa shape index (κ3) is 4.73. The van der Waals surface area contributed by atoms with Crippen LogP contribution in [0.3, 0.4) is 0 Å². The smallest absolute Gasteiger partial charge is 0.317 e. The van der Waals surface area contributed by atoms with Crippen LogP contribution in [0.4, 0.5) is 14.9 Å². The van der Waals surface area contributed by atoms with Crippen molar-refractivity contribution in [2.75, 3.05) is 63.8 Å². The number of hydrogen-bond donors (Lipinski definition) is 1. The maximum Gasteiger partial charge on any atom is 0.317 e. The lowest BCUT2D eigenvalue weighted by atomic mass is 10.1. The van der Waals surface area contributed by atoms with Crippen LogP contribution in [0.25, 0.3) is 0 Å². The summed E-state index contributed by atoms with van der Waals surface area (Å²) in [4.78, 5) is 32.9. The van der Waals surface area contributed by atoms with Gasteiger partial charge >= 0.3 is 6.03 Å². The zero-order chi connectivity index (χ0) is 20.1. The molecule has 0 aliphatic carbocycles. The average Bonchev–Trinajstić information content (AvgIpc) is 2.74. The number of urea groups is 1. The molecule has 8 heteroatoms. The van der Waals surface area contributed by atoms with E-state index in [1.807, 2.05) is 18.7 Å². The molecule has 2 heterocycles. The molecule has 2 saturated heterocycles.